The van der Waals surface area contributed by atoms with Crippen molar-refractivity contribution in [2.24, 2.45) is 0 Å². The van der Waals surface area contributed by atoms with Crippen molar-refractivity contribution in [1.29, 1.82) is 0 Å². The van der Waals surface area contributed by atoms with Crippen LogP contribution in [0.2, 0.25) is 0 Å². The van der Waals surface area contributed by atoms with E-state index in [9.17, 15) is 0 Å². The molecular weight excluding hydrogens is 117 g/mol. The van der Waals surface area contributed by atoms with Crippen LogP contribution in [0.5, 0.6) is 0 Å². The normalized spacial score (nSPS) is 3.00. The largest absolute Gasteiger partial charge is 1.00 e. The second kappa shape index (κ2) is 24.8. The van der Waals surface area contributed by atoms with Crippen LogP contribution in [0.3, 0.4) is 0 Å². The van der Waals surface area contributed by atoms with Crippen LogP contribution in [0.4, 0.5) is 0 Å². The molecule has 0 aromatic heterocycles. The Kier molecular flexibility index (Phi) is 95.6. The molecule has 0 unspecified atom stereocenters. The quantitative estimate of drug-likeness (QED) is 0.180. The van der Waals surface area contributed by atoms with Gasteiger partial charge in [-0.1, -0.05) is 0 Å². The van der Waals surface area contributed by atoms with Gasteiger partial charge in [0, 0.05) is 29.6 Å². The first-order valence-electron chi connectivity index (χ1n) is 0.333. The van der Waals surface area contributed by atoms with Crippen molar-refractivity contribution < 1.29 is 74.7 Å². The Morgan fingerprint density at radius 2 is 1.00 bits per heavy atom. The van der Waals surface area contributed by atoms with Gasteiger partial charge in [0.2, 0.25) is 0 Å². The zero-order valence-corrected chi connectivity index (χ0v) is 10.2. The van der Waals surface area contributed by atoms with Crippen molar-refractivity contribution in [2.75, 3.05) is 0 Å². The molecule has 6 heteroatoms. The molecule has 1 radical (unpaired) electrons. The van der Waals surface area contributed by atoms with Gasteiger partial charge in [0.25, 0.3) is 0 Å². The van der Waals surface area contributed by atoms with Gasteiger partial charge in [0.1, 0.15) is 0 Å². The van der Waals surface area contributed by atoms with Crippen molar-refractivity contribution in [3.63, 3.8) is 0 Å². The molecule has 0 spiro atoms. The second-order valence-electron chi connectivity index (χ2n) is 0.0680. The predicted molar refractivity (Wildman–Crippen MR) is 6.84 cm³/mol. The van der Waals surface area contributed by atoms with E-state index in [4.69, 9.17) is 10.5 Å². The zero-order valence-electron chi connectivity index (χ0n) is 4.22. The van der Waals surface area contributed by atoms with E-state index in [0.717, 1.165) is 0 Å². The van der Waals surface area contributed by atoms with E-state index < -0.39 is 0 Å². The van der Waals surface area contributed by atoms with E-state index in [1.165, 1.54) is 0 Å². The molecule has 0 atom stereocenters. The number of rotatable bonds is 0. The van der Waals surface area contributed by atoms with Crippen LogP contribution >= 0.6 is 0 Å². The van der Waals surface area contributed by atoms with Crippen LogP contribution in [0, 0.1) is 0 Å². The van der Waals surface area contributed by atoms with Gasteiger partial charge in [-0.25, -0.2) is 0 Å². The fourth-order valence-corrected chi connectivity index (χ4v) is 0. The summed E-state index contributed by atoms with van der Waals surface area (Å²) in [5, 5.41) is 17.5. The van der Waals surface area contributed by atoms with E-state index >= 15 is 0 Å². The van der Waals surface area contributed by atoms with Crippen molar-refractivity contribution in [3.05, 3.63) is 0 Å². The Balaban J connectivity index is -0.00000000667. The number of hydrogen-bond donors (Lipinski definition) is 0. The fourth-order valence-electron chi connectivity index (χ4n) is 0. The molecule has 0 saturated heterocycles. The molecule has 0 saturated carbocycles. The molecule has 0 aliphatic heterocycles. The summed E-state index contributed by atoms with van der Waals surface area (Å²) in [6.07, 6.45) is 0. The Bertz CT molecular complexity index is 6.00. The van der Waals surface area contributed by atoms with E-state index in [2.05, 4.69) is 0 Å². The summed E-state index contributed by atoms with van der Waals surface area (Å²) in [4.78, 5) is 0. The summed E-state index contributed by atoms with van der Waals surface area (Å²) in [5.74, 6) is 0. The van der Waals surface area contributed by atoms with Crippen molar-refractivity contribution >= 4 is 29.6 Å². The Morgan fingerprint density at radius 3 is 1.00 bits per heavy atom. The van der Waals surface area contributed by atoms with E-state index in [0.29, 0.717) is 0 Å². The molecule has 0 aromatic carbocycles. The molecule has 0 fully saturated rings. The first-order valence-corrected chi connectivity index (χ1v) is 0.333. The third-order valence-corrected chi connectivity index (χ3v) is 0. The SMILES string of the molecule is [Na+].[Na+].[Na].[O-]O[O-]. The van der Waals surface area contributed by atoms with Gasteiger partial charge < -0.3 is 15.6 Å². The fraction of sp³-hybridized carbons (Fsp3) is 0. The van der Waals surface area contributed by atoms with Crippen LogP contribution in [-0.4, -0.2) is 29.6 Å². The molecular formula is Na3O3. The maximum Gasteiger partial charge on any atom is 1.00 e. The molecule has 0 rings (SSSR count). The maximum absolute atomic E-state index is 7.88. The maximum atomic E-state index is 7.88. The van der Waals surface area contributed by atoms with Crippen molar-refractivity contribution in [3.8, 4) is 0 Å². The summed E-state index contributed by atoms with van der Waals surface area (Å²) in [7, 11) is 0. The molecule has 0 N–H and O–H groups in total. The van der Waals surface area contributed by atoms with Gasteiger partial charge in [-0.3, -0.25) is 0 Å². The molecule has 21 valence electrons. The second-order valence-corrected chi connectivity index (χ2v) is 0.0680. The molecule has 0 aliphatic carbocycles. The topological polar surface area (TPSA) is 55.3 Å². The van der Waals surface area contributed by atoms with Crippen molar-refractivity contribution in [1.82, 2.24) is 0 Å². The minimum atomic E-state index is 0. The first kappa shape index (κ1) is 23.2. The minimum Gasteiger partial charge on any atom is -0.734 e. The molecule has 0 amide bonds. The summed E-state index contributed by atoms with van der Waals surface area (Å²) in [5.41, 5.74) is 0. The van der Waals surface area contributed by atoms with Crippen LogP contribution in [-0.2, 0) is 5.04 Å². The zero-order chi connectivity index (χ0) is 2.71. The van der Waals surface area contributed by atoms with Crippen LogP contribution in [0.1, 0.15) is 0 Å². The van der Waals surface area contributed by atoms with Gasteiger partial charge in [0.05, 0.1) is 0 Å². The standard InChI is InChI=1S/3Na.H2O3/c;;;1-3-2/h;;;1-2H/q;2*+1;/p-2. The first-order chi connectivity index (χ1) is 1.41. The summed E-state index contributed by atoms with van der Waals surface area (Å²) >= 11 is 0. The Morgan fingerprint density at radius 1 is 1.00 bits per heavy atom. The van der Waals surface area contributed by atoms with Crippen LogP contribution in [0.15, 0.2) is 0 Å². The average molecular weight is 117 g/mol. The monoisotopic (exact) mass is 117 g/mol. The van der Waals surface area contributed by atoms with Gasteiger partial charge >= 0.3 is 59.1 Å². The molecule has 0 bridgehead atoms. The van der Waals surface area contributed by atoms with Gasteiger partial charge in [-0.05, 0) is 0 Å². The smallest absolute Gasteiger partial charge is 0.734 e. The van der Waals surface area contributed by atoms with Crippen molar-refractivity contribution in [2.45, 2.75) is 0 Å². The Labute approximate surface area is 102 Å². The molecule has 0 aliphatic rings. The van der Waals surface area contributed by atoms with Gasteiger partial charge in [0.15, 0.2) is 0 Å². The van der Waals surface area contributed by atoms with E-state index in [-0.39, 0.29) is 88.7 Å². The summed E-state index contributed by atoms with van der Waals surface area (Å²) in [6.45, 7) is 0. The predicted octanol–water partition coefficient (Wildman–Crippen LogP) is -8.82. The summed E-state index contributed by atoms with van der Waals surface area (Å²) in [6, 6.07) is 0. The van der Waals surface area contributed by atoms with Crippen LogP contribution in [0.25, 0.3) is 0 Å². The van der Waals surface area contributed by atoms with E-state index in [1.807, 2.05) is 0 Å². The van der Waals surface area contributed by atoms with Gasteiger partial charge in [-0.2, -0.15) is 0 Å². The van der Waals surface area contributed by atoms with Crippen LogP contribution < -0.4 is 69.6 Å². The molecule has 6 heavy (non-hydrogen) atoms. The van der Waals surface area contributed by atoms with E-state index in [1.54, 1.807) is 5.04 Å². The minimum absolute atomic E-state index is 0. The average Bonchev–Trinajstić information content (AvgIpc) is 0.918. The Hall–Kier alpha value is 2.88. The molecule has 0 heterocycles. The third-order valence-electron chi connectivity index (χ3n) is 0. The van der Waals surface area contributed by atoms with Gasteiger partial charge in [-0.15, -0.1) is 0 Å². The molecule has 3 nitrogen and oxygen atoms in total. The number of hydrogen-bond acceptors (Lipinski definition) is 3. The third kappa shape index (κ3) is 28.7. The summed E-state index contributed by atoms with van der Waals surface area (Å²) < 4.78 is 0. The molecule has 0 aromatic rings.